The molecule has 1 aliphatic rings. The molecule has 4 heteroatoms. The average Bonchev–Trinajstić information content (AvgIpc) is 2.70. The number of carbonyl (C=O) groups excluding carboxylic acids is 1. The Hall–Kier alpha value is -1.55. The molecule has 0 saturated heterocycles. The van der Waals surface area contributed by atoms with Gasteiger partial charge in [0, 0.05) is 6.42 Å². The summed E-state index contributed by atoms with van der Waals surface area (Å²) >= 11 is 0. The van der Waals surface area contributed by atoms with Gasteiger partial charge in [0.1, 0.15) is 11.9 Å². The van der Waals surface area contributed by atoms with Gasteiger partial charge in [0.15, 0.2) is 0 Å². The maximum atomic E-state index is 11.5. The van der Waals surface area contributed by atoms with Gasteiger partial charge in [-0.25, -0.2) is 4.79 Å². The SMILES string of the molecule is CCOC(=O)c1ccc2c(c1)CC(CO)O2. The van der Waals surface area contributed by atoms with Crippen LogP contribution in [0.1, 0.15) is 22.8 Å². The second-order valence-electron chi connectivity index (χ2n) is 3.67. The molecular formula is C12H14O4. The van der Waals surface area contributed by atoms with Crippen molar-refractivity contribution in [2.24, 2.45) is 0 Å². The van der Waals surface area contributed by atoms with E-state index in [9.17, 15) is 4.79 Å². The molecule has 1 aliphatic heterocycles. The molecule has 1 N–H and O–H groups in total. The summed E-state index contributed by atoms with van der Waals surface area (Å²) in [6.07, 6.45) is 0.450. The van der Waals surface area contributed by atoms with Gasteiger partial charge in [-0.1, -0.05) is 0 Å². The van der Waals surface area contributed by atoms with Crippen molar-refractivity contribution in [3.8, 4) is 5.75 Å². The third-order valence-electron chi connectivity index (χ3n) is 2.52. The van der Waals surface area contributed by atoms with Crippen molar-refractivity contribution < 1.29 is 19.4 Å². The zero-order chi connectivity index (χ0) is 11.5. The average molecular weight is 222 g/mol. The van der Waals surface area contributed by atoms with Crippen molar-refractivity contribution in [3.05, 3.63) is 29.3 Å². The molecule has 1 aromatic rings. The Labute approximate surface area is 93.8 Å². The van der Waals surface area contributed by atoms with Crippen LogP contribution >= 0.6 is 0 Å². The van der Waals surface area contributed by atoms with Crippen LogP contribution in [0.5, 0.6) is 5.75 Å². The first-order valence-electron chi connectivity index (χ1n) is 5.32. The van der Waals surface area contributed by atoms with E-state index in [1.54, 1.807) is 25.1 Å². The summed E-state index contributed by atoms with van der Waals surface area (Å²) in [5, 5.41) is 8.98. The van der Waals surface area contributed by atoms with Crippen LogP contribution in [0, 0.1) is 0 Å². The molecule has 86 valence electrons. The van der Waals surface area contributed by atoms with Crippen LogP contribution in [-0.4, -0.2) is 30.4 Å². The smallest absolute Gasteiger partial charge is 0.338 e. The lowest BCUT2D eigenvalue weighted by Crippen LogP contribution is -2.17. The molecule has 1 aromatic carbocycles. The highest BCUT2D eigenvalue weighted by Gasteiger charge is 2.23. The van der Waals surface area contributed by atoms with Gasteiger partial charge >= 0.3 is 5.97 Å². The molecule has 0 bridgehead atoms. The van der Waals surface area contributed by atoms with Crippen LogP contribution in [0.4, 0.5) is 0 Å². The van der Waals surface area contributed by atoms with Crippen LogP contribution < -0.4 is 4.74 Å². The molecule has 4 nitrogen and oxygen atoms in total. The first-order valence-corrected chi connectivity index (χ1v) is 5.32. The lowest BCUT2D eigenvalue weighted by atomic mass is 10.1. The van der Waals surface area contributed by atoms with Crippen LogP contribution in [0.2, 0.25) is 0 Å². The maximum Gasteiger partial charge on any atom is 0.338 e. The molecular weight excluding hydrogens is 208 g/mol. The molecule has 0 aliphatic carbocycles. The van der Waals surface area contributed by atoms with Gasteiger partial charge in [-0.05, 0) is 30.7 Å². The van der Waals surface area contributed by atoms with E-state index in [-0.39, 0.29) is 18.7 Å². The predicted octanol–water partition coefficient (Wildman–Crippen LogP) is 1.16. The number of rotatable bonds is 3. The summed E-state index contributed by atoms with van der Waals surface area (Å²) in [5.41, 5.74) is 1.48. The van der Waals surface area contributed by atoms with E-state index in [1.165, 1.54) is 0 Å². The van der Waals surface area contributed by atoms with Crippen molar-refractivity contribution >= 4 is 5.97 Å². The third-order valence-corrected chi connectivity index (χ3v) is 2.52. The Bertz CT molecular complexity index is 400. The Morgan fingerprint density at radius 1 is 1.62 bits per heavy atom. The quantitative estimate of drug-likeness (QED) is 0.780. The molecule has 16 heavy (non-hydrogen) atoms. The van der Waals surface area contributed by atoms with E-state index in [1.807, 2.05) is 0 Å². The number of hydrogen-bond acceptors (Lipinski definition) is 4. The molecule has 0 spiro atoms. The molecule has 0 saturated carbocycles. The van der Waals surface area contributed by atoms with Crippen molar-refractivity contribution in [1.82, 2.24) is 0 Å². The number of aliphatic hydroxyl groups is 1. The first kappa shape index (κ1) is 11.0. The number of ether oxygens (including phenoxy) is 2. The first-order chi connectivity index (χ1) is 7.74. The van der Waals surface area contributed by atoms with E-state index in [0.29, 0.717) is 18.6 Å². The van der Waals surface area contributed by atoms with Gasteiger partial charge in [-0.2, -0.15) is 0 Å². The van der Waals surface area contributed by atoms with E-state index >= 15 is 0 Å². The summed E-state index contributed by atoms with van der Waals surface area (Å²) < 4.78 is 10.4. The summed E-state index contributed by atoms with van der Waals surface area (Å²) in [7, 11) is 0. The topological polar surface area (TPSA) is 55.8 Å². The van der Waals surface area contributed by atoms with Gasteiger partial charge < -0.3 is 14.6 Å². The zero-order valence-electron chi connectivity index (χ0n) is 9.10. The van der Waals surface area contributed by atoms with Crippen LogP contribution in [-0.2, 0) is 11.2 Å². The predicted molar refractivity (Wildman–Crippen MR) is 57.6 cm³/mol. The fourth-order valence-electron chi connectivity index (χ4n) is 1.76. The molecule has 1 unspecified atom stereocenters. The second-order valence-corrected chi connectivity index (χ2v) is 3.67. The minimum atomic E-state index is -0.322. The Morgan fingerprint density at radius 3 is 3.12 bits per heavy atom. The molecule has 0 amide bonds. The Kier molecular flexibility index (Phi) is 3.10. The van der Waals surface area contributed by atoms with Crippen molar-refractivity contribution in [1.29, 1.82) is 0 Å². The van der Waals surface area contributed by atoms with Crippen LogP contribution in [0.15, 0.2) is 18.2 Å². The number of hydrogen-bond donors (Lipinski definition) is 1. The van der Waals surface area contributed by atoms with Crippen molar-refractivity contribution in [2.75, 3.05) is 13.2 Å². The van der Waals surface area contributed by atoms with Crippen molar-refractivity contribution in [2.45, 2.75) is 19.4 Å². The van der Waals surface area contributed by atoms with E-state index < -0.39 is 0 Å². The fourth-order valence-corrected chi connectivity index (χ4v) is 1.76. The summed E-state index contributed by atoms with van der Waals surface area (Å²) in [6.45, 7) is 2.13. The fraction of sp³-hybridized carbons (Fsp3) is 0.417. The highest BCUT2D eigenvalue weighted by atomic mass is 16.5. The molecule has 1 atom stereocenters. The number of fused-ring (bicyclic) bond motifs is 1. The lowest BCUT2D eigenvalue weighted by molar-refractivity contribution is 0.0526. The normalized spacial score (nSPS) is 17.8. The van der Waals surface area contributed by atoms with Gasteiger partial charge in [-0.15, -0.1) is 0 Å². The number of benzene rings is 1. The van der Waals surface area contributed by atoms with Crippen molar-refractivity contribution in [3.63, 3.8) is 0 Å². The molecule has 2 rings (SSSR count). The zero-order valence-corrected chi connectivity index (χ0v) is 9.10. The summed E-state index contributed by atoms with van der Waals surface area (Å²) in [6, 6.07) is 5.19. The number of aliphatic hydroxyl groups excluding tert-OH is 1. The minimum absolute atomic E-state index is 0.0105. The van der Waals surface area contributed by atoms with Gasteiger partial charge in [0.2, 0.25) is 0 Å². The lowest BCUT2D eigenvalue weighted by Gasteiger charge is -2.05. The third kappa shape index (κ3) is 2.02. The van der Waals surface area contributed by atoms with Gasteiger partial charge in [0.25, 0.3) is 0 Å². The standard InChI is InChI=1S/C12H14O4/c1-2-15-12(14)8-3-4-11-9(5-8)6-10(7-13)16-11/h3-5,10,13H,2,6-7H2,1H3. The number of carbonyl (C=O) groups is 1. The van der Waals surface area contributed by atoms with E-state index in [0.717, 1.165) is 11.3 Å². The molecule has 0 aromatic heterocycles. The largest absolute Gasteiger partial charge is 0.487 e. The summed E-state index contributed by atoms with van der Waals surface area (Å²) in [5.74, 6) is 0.421. The highest BCUT2D eigenvalue weighted by molar-refractivity contribution is 5.89. The van der Waals surface area contributed by atoms with Crippen LogP contribution in [0.3, 0.4) is 0 Å². The Balaban J connectivity index is 2.19. The number of esters is 1. The van der Waals surface area contributed by atoms with E-state index in [2.05, 4.69) is 0 Å². The monoisotopic (exact) mass is 222 g/mol. The highest BCUT2D eigenvalue weighted by Crippen LogP contribution is 2.29. The van der Waals surface area contributed by atoms with Gasteiger partial charge in [0.05, 0.1) is 18.8 Å². The summed E-state index contributed by atoms with van der Waals surface area (Å²) in [4.78, 5) is 11.5. The van der Waals surface area contributed by atoms with Crippen LogP contribution in [0.25, 0.3) is 0 Å². The minimum Gasteiger partial charge on any atom is -0.487 e. The second kappa shape index (κ2) is 4.53. The molecule has 0 fully saturated rings. The maximum absolute atomic E-state index is 11.5. The van der Waals surface area contributed by atoms with E-state index in [4.69, 9.17) is 14.6 Å². The Morgan fingerprint density at radius 2 is 2.44 bits per heavy atom. The molecule has 1 heterocycles. The van der Waals surface area contributed by atoms with Gasteiger partial charge in [-0.3, -0.25) is 0 Å². The molecule has 0 radical (unpaired) electrons.